The summed E-state index contributed by atoms with van der Waals surface area (Å²) in [4.78, 5) is 13.7. The Kier molecular flexibility index (Phi) is 4.00. The van der Waals surface area contributed by atoms with E-state index in [1.165, 1.54) is 6.07 Å². The SMILES string of the molecule is CN1CCC(C)(C(O)Nc2cccc(F)c2I)C1=O. The lowest BCUT2D eigenvalue weighted by Crippen LogP contribution is -2.44. The molecule has 0 spiro atoms. The summed E-state index contributed by atoms with van der Waals surface area (Å²) in [6.45, 7) is 2.34. The van der Waals surface area contributed by atoms with Crippen LogP contribution in [0.1, 0.15) is 13.3 Å². The van der Waals surface area contributed by atoms with Gasteiger partial charge in [0.15, 0.2) is 0 Å². The second-order valence-electron chi connectivity index (χ2n) is 5.04. The minimum atomic E-state index is -1.04. The van der Waals surface area contributed by atoms with Gasteiger partial charge in [-0.25, -0.2) is 4.39 Å². The third-order valence-electron chi connectivity index (χ3n) is 3.65. The maximum atomic E-state index is 13.4. The molecule has 19 heavy (non-hydrogen) atoms. The first-order chi connectivity index (χ1) is 8.86. The molecule has 1 aromatic rings. The lowest BCUT2D eigenvalue weighted by Gasteiger charge is -2.29. The van der Waals surface area contributed by atoms with Crippen LogP contribution in [0.15, 0.2) is 18.2 Å². The van der Waals surface area contributed by atoms with Gasteiger partial charge in [0.1, 0.15) is 12.0 Å². The van der Waals surface area contributed by atoms with Crippen LogP contribution in [0.5, 0.6) is 0 Å². The van der Waals surface area contributed by atoms with Crippen LogP contribution in [0.3, 0.4) is 0 Å². The molecule has 4 nitrogen and oxygen atoms in total. The number of aliphatic hydroxyl groups excluding tert-OH is 1. The molecule has 1 amide bonds. The molecule has 2 atom stereocenters. The van der Waals surface area contributed by atoms with Crippen LogP contribution in [-0.2, 0) is 4.79 Å². The van der Waals surface area contributed by atoms with Gasteiger partial charge in [0, 0.05) is 13.6 Å². The molecular weight excluding hydrogens is 362 g/mol. The second kappa shape index (κ2) is 5.24. The van der Waals surface area contributed by atoms with Crippen LogP contribution in [0.25, 0.3) is 0 Å². The summed E-state index contributed by atoms with van der Waals surface area (Å²) in [5, 5.41) is 13.1. The molecule has 1 aliphatic rings. The van der Waals surface area contributed by atoms with Crippen LogP contribution in [0.4, 0.5) is 10.1 Å². The van der Waals surface area contributed by atoms with E-state index in [2.05, 4.69) is 5.32 Å². The van der Waals surface area contributed by atoms with E-state index in [9.17, 15) is 14.3 Å². The average molecular weight is 378 g/mol. The first-order valence-electron chi connectivity index (χ1n) is 6.00. The summed E-state index contributed by atoms with van der Waals surface area (Å²) in [7, 11) is 1.71. The highest BCUT2D eigenvalue weighted by Gasteiger charge is 2.47. The van der Waals surface area contributed by atoms with Gasteiger partial charge in [-0.2, -0.15) is 0 Å². The number of likely N-dealkylation sites (tertiary alicyclic amines) is 1. The fraction of sp³-hybridized carbons (Fsp3) is 0.462. The van der Waals surface area contributed by atoms with E-state index >= 15 is 0 Å². The van der Waals surface area contributed by atoms with E-state index in [1.807, 2.05) is 22.6 Å². The zero-order chi connectivity index (χ0) is 14.2. The fourth-order valence-electron chi connectivity index (χ4n) is 2.22. The number of aliphatic hydroxyl groups is 1. The molecule has 1 heterocycles. The number of halogens is 2. The summed E-state index contributed by atoms with van der Waals surface area (Å²) in [5.41, 5.74) is -0.374. The quantitative estimate of drug-likeness (QED) is 0.625. The van der Waals surface area contributed by atoms with Gasteiger partial charge in [0.25, 0.3) is 0 Å². The standard InChI is InChI=1S/C13H16FIN2O2/c1-13(6-7-17(2)12(13)19)11(18)16-9-5-3-4-8(14)10(9)15/h3-5,11,16,18H,6-7H2,1-2H3. The monoisotopic (exact) mass is 378 g/mol. The smallest absolute Gasteiger partial charge is 0.232 e. The number of hydrogen-bond donors (Lipinski definition) is 2. The minimum Gasteiger partial charge on any atom is -0.373 e. The van der Waals surface area contributed by atoms with Gasteiger partial charge in [0.2, 0.25) is 5.91 Å². The first-order valence-corrected chi connectivity index (χ1v) is 7.08. The van der Waals surface area contributed by atoms with Crippen molar-refractivity contribution in [2.75, 3.05) is 18.9 Å². The molecule has 0 radical (unpaired) electrons. The van der Waals surface area contributed by atoms with Crippen molar-refractivity contribution in [2.45, 2.75) is 19.6 Å². The predicted molar refractivity (Wildman–Crippen MR) is 79.1 cm³/mol. The number of amides is 1. The Morgan fingerprint density at radius 3 is 2.84 bits per heavy atom. The number of nitrogens with zero attached hydrogens (tertiary/aromatic N) is 1. The van der Waals surface area contributed by atoms with Crippen LogP contribution in [-0.4, -0.2) is 35.7 Å². The van der Waals surface area contributed by atoms with Crippen LogP contribution < -0.4 is 5.32 Å². The van der Waals surface area contributed by atoms with Crippen molar-refractivity contribution in [3.8, 4) is 0 Å². The zero-order valence-corrected chi connectivity index (χ0v) is 12.9. The van der Waals surface area contributed by atoms with E-state index in [0.717, 1.165) is 0 Å². The molecule has 0 aromatic heterocycles. The average Bonchev–Trinajstić information content (AvgIpc) is 2.64. The number of carbonyl (C=O) groups excluding carboxylic acids is 1. The van der Waals surface area contributed by atoms with Crippen molar-refractivity contribution in [3.05, 3.63) is 27.6 Å². The zero-order valence-electron chi connectivity index (χ0n) is 10.8. The molecule has 6 heteroatoms. The number of hydrogen-bond acceptors (Lipinski definition) is 3. The second-order valence-corrected chi connectivity index (χ2v) is 6.12. The van der Waals surface area contributed by atoms with Crippen molar-refractivity contribution in [3.63, 3.8) is 0 Å². The van der Waals surface area contributed by atoms with Crippen molar-refractivity contribution in [1.29, 1.82) is 0 Å². The van der Waals surface area contributed by atoms with E-state index in [1.54, 1.807) is 31.0 Å². The van der Waals surface area contributed by atoms with Gasteiger partial charge in [-0.15, -0.1) is 0 Å². The Bertz CT molecular complexity index is 511. The molecule has 1 aliphatic heterocycles. The lowest BCUT2D eigenvalue weighted by molar-refractivity contribution is -0.138. The van der Waals surface area contributed by atoms with Crippen molar-refractivity contribution >= 4 is 34.2 Å². The van der Waals surface area contributed by atoms with Gasteiger partial charge in [-0.1, -0.05) is 6.07 Å². The highest BCUT2D eigenvalue weighted by Crippen LogP contribution is 2.35. The molecule has 2 rings (SSSR count). The third-order valence-corrected chi connectivity index (χ3v) is 4.75. The molecule has 1 saturated heterocycles. The Morgan fingerprint density at radius 1 is 1.58 bits per heavy atom. The van der Waals surface area contributed by atoms with Gasteiger partial charge in [-0.05, 0) is 48.1 Å². The Balaban J connectivity index is 2.20. The van der Waals surface area contributed by atoms with E-state index in [-0.39, 0.29) is 11.7 Å². The molecule has 0 saturated carbocycles. The number of benzene rings is 1. The van der Waals surface area contributed by atoms with Crippen molar-refractivity contribution < 1.29 is 14.3 Å². The number of anilines is 1. The summed E-state index contributed by atoms with van der Waals surface area (Å²) in [6.07, 6.45) is -0.470. The van der Waals surface area contributed by atoms with E-state index in [0.29, 0.717) is 22.2 Å². The molecule has 2 unspecified atom stereocenters. The lowest BCUT2D eigenvalue weighted by atomic mass is 9.86. The molecule has 1 aromatic carbocycles. The number of nitrogens with one attached hydrogen (secondary N) is 1. The molecule has 104 valence electrons. The fourth-order valence-corrected chi connectivity index (χ4v) is 2.74. The van der Waals surface area contributed by atoms with Crippen molar-refractivity contribution in [1.82, 2.24) is 4.90 Å². The van der Waals surface area contributed by atoms with Crippen LogP contribution in [0.2, 0.25) is 0 Å². The first kappa shape index (κ1) is 14.5. The predicted octanol–water partition coefficient (Wildman–Crippen LogP) is 2.03. The summed E-state index contributed by atoms with van der Waals surface area (Å²) in [6, 6.07) is 4.60. The highest BCUT2D eigenvalue weighted by atomic mass is 127. The topological polar surface area (TPSA) is 52.6 Å². The Morgan fingerprint density at radius 2 is 2.26 bits per heavy atom. The molecule has 0 aliphatic carbocycles. The maximum absolute atomic E-state index is 13.4. The number of rotatable bonds is 3. The summed E-state index contributed by atoms with van der Waals surface area (Å²) < 4.78 is 13.8. The largest absolute Gasteiger partial charge is 0.373 e. The molecule has 1 fully saturated rings. The van der Waals surface area contributed by atoms with E-state index < -0.39 is 11.6 Å². The highest BCUT2D eigenvalue weighted by molar-refractivity contribution is 14.1. The third kappa shape index (κ3) is 2.55. The van der Waals surface area contributed by atoms with Crippen LogP contribution in [0, 0.1) is 14.8 Å². The van der Waals surface area contributed by atoms with Gasteiger partial charge in [-0.3, -0.25) is 4.79 Å². The Labute approximate surface area is 125 Å². The van der Waals surface area contributed by atoms with Gasteiger partial charge in [0.05, 0.1) is 14.7 Å². The maximum Gasteiger partial charge on any atom is 0.232 e. The van der Waals surface area contributed by atoms with Gasteiger partial charge >= 0.3 is 0 Å². The minimum absolute atomic E-state index is 0.0982. The summed E-state index contributed by atoms with van der Waals surface area (Å²) in [5.74, 6) is -0.447. The van der Waals surface area contributed by atoms with Gasteiger partial charge < -0.3 is 15.3 Å². The normalized spacial score (nSPS) is 24.7. The number of carbonyl (C=O) groups is 1. The summed E-state index contributed by atoms with van der Waals surface area (Å²) >= 11 is 1.87. The molecule has 2 N–H and O–H groups in total. The van der Waals surface area contributed by atoms with Crippen LogP contribution >= 0.6 is 22.6 Å². The Hall–Kier alpha value is -0.890. The van der Waals surface area contributed by atoms with E-state index in [4.69, 9.17) is 0 Å². The molecular formula is C13H16FIN2O2. The molecule has 0 bridgehead atoms. The van der Waals surface area contributed by atoms with Crippen molar-refractivity contribution in [2.24, 2.45) is 5.41 Å².